The predicted molar refractivity (Wildman–Crippen MR) is 80.6 cm³/mol. The second kappa shape index (κ2) is 7.16. The van der Waals surface area contributed by atoms with Gasteiger partial charge in [0.2, 0.25) is 0 Å². The quantitative estimate of drug-likeness (QED) is 0.878. The van der Waals surface area contributed by atoms with Crippen molar-refractivity contribution < 1.29 is 9.53 Å². The Morgan fingerprint density at radius 2 is 2.35 bits per heavy atom. The summed E-state index contributed by atoms with van der Waals surface area (Å²) >= 11 is 11.9. The molecule has 0 aliphatic carbocycles. The van der Waals surface area contributed by atoms with Crippen LogP contribution in [0.3, 0.4) is 0 Å². The smallest absolute Gasteiger partial charge is 0.260 e. The molecule has 2 atom stereocenters. The normalized spacial score (nSPS) is 19.6. The van der Waals surface area contributed by atoms with Crippen LogP contribution in [0.1, 0.15) is 19.8 Å². The van der Waals surface area contributed by atoms with E-state index in [0.717, 1.165) is 19.4 Å². The molecule has 1 aromatic carbocycles. The molecule has 1 fully saturated rings. The lowest BCUT2D eigenvalue weighted by Crippen LogP contribution is -2.42. The Kier molecular flexibility index (Phi) is 5.52. The lowest BCUT2D eigenvalue weighted by atomic mass is 10.2. The van der Waals surface area contributed by atoms with Gasteiger partial charge in [0.05, 0.1) is 5.02 Å². The number of hydrogen-bond donors (Lipinski definition) is 2. The van der Waals surface area contributed by atoms with Gasteiger partial charge >= 0.3 is 0 Å². The first-order chi connectivity index (χ1) is 9.58. The third-order valence-electron chi connectivity index (χ3n) is 3.27. The van der Waals surface area contributed by atoms with Gasteiger partial charge in [-0.2, -0.15) is 0 Å². The number of ether oxygens (including phenoxy) is 1. The van der Waals surface area contributed by atoms with Gasteiger partial charge in [-0.3, -0.25) is 4.79 Å². The van der Waals surface area contributed by atoms with E-state index >= 15 is 0 Å². The number of carbonyl (C=O) groups excluding carboxylic acids is 1. The van der Waals surface area contributed by atoms with Crippen molar-refractivity contribution in [1.29, 1.82) is 0 Å². The fourth-order valence-electron chi connectivity index (χ4n) is 2.12. The van der Waals surface area contributed by atoms with Crippen LogP contribution in [0.5, 0.6) is 5.75 Å². The van der Waals surface area contributed by atoms with Crippen LogP contribution in [-0.4, -0.2) is 31.1 Å². The summed E-state index contributed by atoms with van der Waals surface area (Å²) < 4.78 is 5.55. The third kappa shape index (κ3) is 4.01. The van der Waals surface area contributed by atoms with Crippen molar-refractivity contribution >= 4 is 29.1 Å². The SMILES string of the molecule is CC(Oc1cccc(Cl)c1Cl)C(=O)NCC1CCCN1. The second-order valence-corrected chi connectivity index (χ2v) is 5.64. The average Bonchev–Trinajstić information content (AvgIpc) is 2.94. The molecule has 20 heavy (non-hydrogen) atoms. The van der Waals surface area contributed by atoms with E-state index in [2.05, 4.69) is 10.6 Å². The third-order valence-corrected chi connectivity index (χ3v) is 4.08. The largest absolute Gasteiger partial charge is 0.479 e. The molecule has 110 valence electrons. The predicted octanol–water partition coefficient (Wildman–Crippen LogP) is 2.63. The van der Waals surface area contributed by atoms with Gasteiger partial charge in [0.15, 0.2) is 6.10 Å². The number of rotatable bonds is 5. The van der Waals surface area contributed by atoms with Crippen LogP contribution in [0, 0.1) is 0 Å². The Bertz CT molecular complexity index is 476. The second-order valence-electron chi connectivity index (χ2n) is 4.85. The van der Waals surface area contributed by atoms with E-state index in [1.807, 2.05) is 0 Å². The molecule has 4 nitrogen and oxygen atoms in total. The lowest BCUT2D eigenvalue weighted by Gasteiger charge is -2.17. The highest BCUT2D eigenvalue weighted by molar-refractivity contribution is 6.42. The Labute approximate surface area is 128 Å². The molecule has 0 spiro atoms. The number of nitrogens with one attached hydrogen (secondary N) is 2. The monoisotopic (exact) mass is 316 g/mol. The summed E-state index contributed by atoms with van der Waals surface area (Å²) in [6, 6.07) is 5.46. The zero-order chi connectivity index (χ0) is 14.5. The van der Waals surface area contributed by atoms with Crippen LogP contribution in [0.15, 0.2) is 18.2 Å². The minimum Gasteiger partial charge on any atom is -0.479 e. The highest BCUT2D eigenvalue weighted by atomic mass is 35.5. The van der Waals surface area contributed by atoms with E-state index in [1.165, 1.54) is 0 Å². The molecule has 0 saturated carbocycles. The fourth-order valence-corrected chi connectivity index (χ4v) is 2.45. The number of carbonyl (C=O) groups is 1. The maximum atomic E-state index is 12.0. The summed E-state index contributed by atoms with van der Waals surface area (Å²) in [5.74, 6) is 0.260. The van der Waals surface area contributed by atoms with Crippen LogP contribution in [-0.2, 0) is 4.79 Å². The van der Waals surface area contributed by atoms with Gasteiger partial charge in [-0.15, -0.1) is 0 Å². The van der Waals surface area contributed by atoms with Crippen molar-refractivity contribution in [3.63, 3.8) is 0 Å². The van der Waals surface area contributed by atoms with Crippen molar-refractivity contribution in [1.82, 2.24) is 10.6 Å². The molecule has 1 amide bonds. The summed E-state index contributed by atoms with van der Waals surface area (Å²) in [5.41, 5.74) is 0. The van der Waals surface area contributed by atoms with E-state index in [-0.39, 0.29) is 5.91 Å². The van der Waals surface area contributed by atoms with Crippen LogP contribution in [0.25, 0.3) is 0 Å². The van der Waals surface area contributed by atoms with E-state index in [4.69, 9.17) is 27.9 Å². The van der Waals surface area contributed by atoms with E-state index < -0.39 is 6.10 Å². The van der Waals surface area contributed by atoms with E-state index in [9.17, 15) is 4.79 Å². The first kappa shape index (κ1) is 15.4. The molecule has 2 rings (SSSR count). The van der Waals surface area contributed by atoms with Gasteiger partial charge in [-0.25, -0.2) is 0 Å². The maximum absolute atomic E-state index is 12.0. The van der Waals surface area contributed by atoms with Crippen LogP contribution >= 0.6 is 23.2 Å². The Morgan fingerprint density at radius 3 is 3.05 bits per heavy atom. The topological polar surface area (TPSA) is 50.4 Å². The Balaban J connectivity index is 1.85. The summed E-state index contributed by atoms with van der Waals surface area (Å²) in [7, 11) is 0. The molecular weight excluding hydrogens is 299 g/mol. The molecular formula is C14H18Cl2N2O2. The molecule has 0 radical (unpaired) electrons. The molecule has 2 unspecified atom stereocenters. The van der Waals surface area contributed by atoms with Gasteiger partial charge in [0, 0.05) is 12.6 Å². The number of halogens is 2. The molecule has 1 aliphatic heterocycles. The van der Waals surface area contributed by atoms with Crippen LogP contribution < -0.4 is 15.4 Å². The summed E-state index contributed by atoms with van der Waals surface area (Å²) in [6.45, 7) is 3.33. The zero-order valence-corrected chi connectivity index (χ0v) is 12.8. The molecule has 1 heterocycles. The van der Waals surface area contributed by atoms with E-state index in [1.54, 1.807) is 25.1 Å². The number of benzene rings is 1. The minimum absolute atomic E-state index is 0.158. The summed E-state index contributed by atoms with van der Waals surface area (Å²) in [5, 5.41) is 6.93. The van der Waals surface area contributed by atoms with E-state index in [0.29, 0.717) is 28.4 Å². The van der Waals surface area contributed by atoms with Crippen molar-refractivity contribution in [2.45, 2.75) is 31.9 Å². The minimum atomic E-state index is -0.618. The Morgan fingerprint density at radius 1 is 1.55 bits per heavy atom. The Hall–Kier alpha value is -0.970. The number of amides is 1. The van der Waals surface area contributed by atoms with Crippen LogP contribution in [0.2, 0.25) is 10.0 Å². The number of hydrogen-bond acceptors (Lipinski definition) is 3. The van der Waals surface area contributed by atoms with Gasteiger partial charge in [0.1, 0.15) is 10.8 Å². The van der Waals surface area contributed by atoms with Crippen molar-refractivity contribution in [2.24, 2.45) is 0 Å². The summed E-state index contributed by atoms with van der Waals surface area (Å²) in [4.78, 5) is 12.0. The lowest BCUT2D eigenvalue weighted by molar-refractivity contribution is -0.127. The molecule has 1 saturated heterocycles. The van der Waals surface area contributed by atoms with Crippen LogP contribution in [0.4, 0.5) is 0 Å². The first-order valence-electron chi connectivity index (χ1n) is 6.69. The van der Waals surface area contributed by atoms with Gasteiger partial charge in [0.25, 0.3) is 5.91 Å². The van der Waals surface area contributed by atoms with Crippen molar-refractivity contribution in [2.75, 3.05) is 13.1 Å². The van der Waals surface area contributed by atoms with Gasteiger partial charge in [-0.1, -0.05) is 29.3 Å². The van der Waals surface area contributed by atoms with Gasteiger partial charge in [-0.05, 0) is 38.4 Å². The molecule has 6 heteroatoms. The van der Waals surface area contributed by atoms with Gasteiger partial charge < -0.3 is 15.4 Å². The molecule has 1 aromatic rings. The van der Waals surface area contributed by atoms with Crippen molar-refractivity contribution in [3.8, 4) is 5.75 Å². The molecule has 0 aromatic heterocycles. The summed E-state index contributed by atoms with van der Waals surface area (Å²) in [6.07, 6.45) is 1.63. The van der Waals surface area contributed by atoms with Crippen molar-refractivity contribution in [3.05, 3.63) is 28.2 Å². The molecule has 2 N–H and O–H groups in total. The first-order valence-corrected chi connectivity index (χ1v) is 7.45. The maximum Gasteiger partial charge on any atom is 0.260 e. The fraction of sp³-hybridized carbons (Fsp3) is 0.500. The molecule has 0 bridgehead atoms. The highest BCUT2D eigenvalue weighted by Crippen LogP contribution is 2.32. The highest BCUT2D eigenvalue weighted by Gasteiger charge is 2.19. The zero-order valence-electron chi connectivity index (χ0n) is 11.3. The standard InChI is InChI=1S/C14H18Cl2N2O2/c1-9(14(19)18-8-10-4-3-7-17-10)20-12-6-2-5-11(15)13(12)16/h2,5-6,9-10,17H,3-4,7-8H2,1H3,(H,18,19). The average molecular weight is 317 g/mol. The molecule has 1 aliphatic rings.